The van der Waals surface area contributed by atoms with Crippen LogP contribution in [0.2, 0.25) is 0 Å². The average molecular weight is 394 g/mol. The fraction of sp³-hybridized carbons (Fsp3) is 0.391. The molecule has 1 saturated heterocycles. The summed E-state index contributed by atoms with van der Waals surface area (Å²) >= 11 is 0. The lowest BCUT2D eigenvalue weighted by molar-refractivity contribution is -0.144. The van der Waals surface area contributed by atoms with E-state index in [0.29, 0.717) is 39.2 Å². The molecular weight excluding hydrogens is 368 g/mol. The zero-order chi connectivity index (χ0) is 20.4. The first-order valence-electron chi connectivity index (χ1n) is 10.2. The summed E-state index contributed by atoms with van der Waals surface area (Å²) in [6.07, 6.45) is 0.232. The highest BCUT2D eigenvalue weighted by Crippen LogP contribution is 2.44. The highest BCUT2D eigenvalue weighted by molar-refractivity contribution is 5.79. The molecule has 1 atom stereocenters. The second kappa shape index (κ2) is 8.25. The number of fused-ring (bicyclic) bond motifs is 3. The number of carboxylic acids is 1. The highest BCUT2D eigenvalue weighted by atomic mass is 16.6. The van der Waals surface area contributed by atoms with Gasteiger partial charge in [-0.3, -0.25) is 9.69 Å². The zero-order valence-electron chi connectivity index (χ0n) is 16.6. The van der Waals surface area contributed by atoms with Crippen molar-refractivity contribution in [1.29, 1.82) is 0 Å². The lowest BCUT2D eigenvalue weighted by Gasteiger charge is -2.37. The third-order valence-electron chi connectivity index (χ3n) is 6.02. The van der Waals surface area contributed by atoms with E-state index in [1.165, 1.54) is 22.3 Å². The van der Waals surface area contributed by atoms with E-state index >= 15 is 0 Å². The first-order valence-corrected chi connectivity index (χ1v) is 10.2. The molecule has 29 heavy (non-hydrogen) atoms. The molecule has 0 aromatic heterocycles. The largest absolute Gasteiger partial charge is 0.480 e. The number of nitrogens with zero attached hydrogens (tertiary/aromatic N) is 2. The second-order valence-corrected chi connectivity index (χ2v) is 7.59. The SMILES string of the molecule is CCC(C(=O)O)N1CCN(C(=O)OCC2c3ccccc3-c3ccccc32)CC1. The molecule has 152 valence electrons. The number of piperazine rings is 1. The van der Waals surface area contributed by atoms with E-state index in [1.807, 2.05) is 36.1 Å². The number of hydrogen-bond acceptors (Lipinski definition) is 4. The van der Waals surface area contributed by atoms with Gasteiger partial charge in [-0.15, -0.1) is 0 Å². The maximum Gasteiger partial charge on any atom is 0.409 e. The van der Waals surface area contributed by atoms with Crippen molar-refractivity contribution in [3.05, 3.63) is 59.7 Å². The molecule has 1 aliphatic carbocycles. The van der Waals surface area contributed by atoms with E-state index < -0.39 is 12.0 Å². The molecule has 0 saturated carbocycles. The van der Waals surface area contributed by atoms with Crippen molar-refractivity contribution in [2.45, 2.75) is 25.3 Å². The molecule has 1 unspecified atom stereocenters. The smallest absolute Gasteiger partial charge is 0.409 e. The van der Waals surface area contributed by atoms with Crippen LogP contribution in [0.4, 0.5) is 4.79 Å². The molecule has 2 aromatic rings. The van der Waals surface area contributed by atoms with Crippen LogP contribution in [0.15, 0.2) is 48.5 Å². The molecule has 1 aliphatic heterocycles. The summed E-state index contributed by atoms with van der Waals surface area (Å²) in [6, 6.07) is 16.0. The molecule has 6 heteroatoms. The normalized spacial score (nSPS) is 17.5. The number of carboxylic acid groups (broad SMARTS) is 1. The Morgan fingerprint density at radius 2 is 1.55 bits per heavy atom. The Balaban J connectivity index is 1.38. The summed E-state index contributed by atoms with van der Waals surface area (Å²) in [5, 5.41) is 9.32. The Bertz CT molecular complexity index is 860. The minimum Gasteiger partial charge on any atom is -0.480 e. The summed E-state index contributed by atoms with van der Waals surface area (Å²) in [5.41, 5.74) is 4.80. The zero-order valence-corrected chi connectivity index (χ0v) is 16.6. The Morgan fingerprint density at radius 1 is 1.00 bits per heavy atom. The van der Waals surface area contributed by atoms with E-state index in [4.69, 9.17) is 4.74 Å². The number of carbonyl (C=O) groups excluding carboxylic acids is 1. The van der Waals surface area contributed by atoms with Gasteiger partial charge in [-0.05, 0) is 28.7 Å². The van der Waals surface area contributed by atoms with E-state index in [1.54, 1.807) is 4.90 Å². The minimum atomic E-state index is -0.804. The summed E-state index contributed by atoms with van der Waals surface area (Å²) in [4.78, 5) is 27.6. The van der Waals surface area contributed by atoms with Crippen LogP contribution in [0.3, 0.4) is 0 Å². The number of ether oxygens (including phenoxy) is 1. The van der Waals surface area contributed by atoms with Crippen LogP contribution in [0.5, 0.6) is 0 Å². The van der Waals surface area contributed by atoms with Crippen molar-refractivity contribution in [1.82, 2.24) is 9.80 Å². The van der Waals surface area contributed by atoms with Crippen LogP contribution in [0.1, 0.15) is 30.4 Å². The number of carbonyl (C=O) groups is 2. The fourth-order valence-corrected chi connectivity index (χ4v) is 4.49. The van der Waals surface area contributed by atoms with Gasteiger partial charge in [-0.25, -0.2) is 4.79 Å². The van der Waals surface area contributed by atoms with Gasteiger partial charge in [0.25, 0.3) is 0 Å². The van der Waals surface area contributed by atoms with Crippen molar-refractivity contribution < 1.29 is 19.4 Å². The van der Waals surface area contributed by atoms with Crippen LogP contribution in [0.25, 0.3) is 11.1 Å². The quantitative estimate of drug-likeness (QED) is 0.842. The van der Waals surface area contributed by atoms with Crippen molar-refractivity contribution in [2.24, 2.45) is 0 Å². The van der Waals surface area contributed by atoms with Crippen LogP contribution < -0.4 is 0 Å². The molecular formula is C23H26N2O4. The molecule has 1 fully saturated rings. The number of benzene rings is 2. The summed E-state index contributed by atoms with van der Waals surface area (Å²) in [6.45, 7) is 4.25. The molecule has 4 rings (SSSR count). The van der Waals surface area contributed by atoms with Crippen molar-refractivity contribution in [2.75, 3.05) is 32.8 Å². The first-order chi connectivity index (χ1) is 14.1. The Morgan fingerprint density at radius 3 is 2.07 bits per heavy atom. The molecule has 0 bridgehead atoms. The summed E-state index contributed by atoms with van der Waals surface area (Å²) in [5.74, 6) is -0.758. The third-order valence-corrected chi connectivity index (χ3v) is 6.02. The predicted octanol–water partition coefficient (Wildman–Crippen LogP) is 3.42. The van der Waals surface area contributed by atoms with Gasteiger partial charge in [0, 0.05) is 32.1 Å². The second-order valence-electron chi connectivity index (χ2n) is 7.59. The van der Waals surface area contributed by atoms with Crippen LogP contribution >= 0.6 is 0 Å². The van der Waals surface area contributed by atoms with Gasteiger partial charge in [0.1, 0.15) is 12.6 Å². The molecule has 0 spiro atoms. The van der Waals surface area contributed by atoms with Crippen LogP contribution in [-0.4, -0.2) is 65.8 Å². The van der Waals surface area contributed by atoms with Crippen molar-refractivity contribution >= 4 is 12.1 Å². The number of hydrogen-bond donors (Lipinski definition) is 1. The lowest BCUT2D eigenvalue weighted by Crippen LogP contribution is -2.54. The minimum absolute atomic E-state index is 0.0455. The lowest BCUT2D eigenvalue weighted by atomic mass is 9.98. The topological polar surface area (TPSA) is 70.1 Å². The van der Waals surface area contributed by atoms with E-state index in [0.717, 1.165) is 0 Å². The van der Waals surface area contributed by atoms with E-state index in [2.05, 4.69) is 24.3 Å². The maximum absolute atomic E-state index is 12.6. The van der Waals surface area contributed by atoms with Crippen molar-refractivity contribution in [3.63, 3.8) is 0 Å². The Hall–Kier alpha value is -2.86. The standard InChI is InChI=1S/C23H26N2O4/c1-2-21(22(26)27)24-11-13-25(14-12-24)23(28)29-15-20-18-9-5-3-7-16(18)17-8-4-6-10-19(17)20/h3-10,20-21H,2,11-15H2,1H3,(H,26,27). The molecule has 2 aliphatic rings. The maximum atomic E-state index is 12.6. The molecule has 1 amide bonds. The van der Waals surface area contributed by atoms with Gasteiger partial charge in [0.05, 0.1) is 0 Å². The molecule has 0 radical (unpaired) electrons. The third kappa shape index (κ3) is 3.72. The highest BCUT2D eigenvalue weighted by Gasteiger charge is 2.32. The average Bonchev–Trinajstić information content (AvgIpc) is 3.07. The van der Waals surface area contributed by atoms with Gasteiger partial charge in [0.15, 0.2) is 0 Å². The van der Waals surface area contributed by atoms with E-state index in [-0.39, 0.29) is 12.0 Å². The fourth-order valence-electron chi connectivity index (χ4n) is 4.49. The molecule has 6 nitrogen and oxygen atoms in total. The van der Waals surface area contributed by atoms with Crippen LogP contribution in [0, 0.1) is 0 Å². The number of aliphatic carboxylic acids is 1. The first kappa shape index (κ1) is 19.5. The predicted molar refractivity (Wildman–Crippen MR) is 110 cm³/mol. The summed E-state index contributed by atoms with van der Waals surface area (Å²) in [7, 11) is 0. The molecule has 1 heterocycles. The summed E-state index contributed by atoms with van der Waals surface area (Å²) < 4.78 is 5.70. The van der Waals surface area contributed by atoms with Gasteiger partial charge >= 0.3 is 12.1 Å². The molecule has 2 aromatic carbocycles. The Labute approximate surface area is 170 Å². The van der Waals surface area contributed by atoms with Gasteiger partial charge in [0.2, 0.25) is 0 Å². The van der Waals surface area contributed by atoms with E-state index in [9.17, 15) is 14.7 Å². The van der Waals surface area contributed by atoms with Crippen molar-refractivity contribution in [3.8, 4) is 11.1 Å². The van der Waals surface area contributed by atoms with Gasteiger partial charge < -0.3 is 14.7 Å². The van der Waals surface area contributed by atoms with Crippen LogP contribution in [-0.2, 0) is 9.53 Å². The van der Waals surface area contributed by atoms with Gasteiger partial charge in [-0.1, -0.05) is 55.5 Å². The molecule has 1 N–H and O–H groups in total. The van der Waals surface area contributed by atoms with Gasteiger partial charge in [-0.2, -0.15) is 0 Å². The monoisotopic (exact) mass is 394 g/mol. The number of rotatable bonds is 5. The number of amides is 1. The Kier molecular flexibility index (Phi) is 5.53.